The zero-order valence-electron chi connectivity index (χ0n) is 16.3. The molecule has 6 nitrogen and oxygen atoms in total. The minimum absolute atomic E-state index is 0.0731. The van der Waals surface area contributed by atoms with Crippen LogP contribution in [0.15, 0.2) is 24.3 Å². The van der Waals surface area contributed by atoms with Crippen LogP contribution in [0.5, 0.6) is 0 Å². The number of hydrogen-bond acceptors (Lipinski definition) is 4. The average Bonchev–Trinajstić information content (AvgIpc) is 2.65. The lowest BCUT2D eigenvalue weighted by Crippen LogP contribution is -2.33. The van der Waals surface area contributed by atoms with Crippen LogP contribution in [0, 0.1) is 0 Å². The summed E-state index contributed by atoms with van der Waals surface area (Å²) in [7, 11) is 1.63. The van der Waals surface area contributed by atoms with E-state index in [0.29, 0.717) is 25.1 Å². The van der Waals surface area contributed by atoms with Gasteiger partial charge in [-0.2, -0.15) is 0 Å². The quantitative estimate of drug-likeness (QED) is 0.373. The fourth-order valence-corrected chi connectivity index (χ4v) is 2.70. The summed E-state index contributed by atoms with van der Waals surface area (Å²) in [6, 6.07) is 6.94. The van der Waals surface area contributed by atoms with Crippen LogP contribution in [-0.2, 0) is 9.53 Å². The van der Waals surface area contributed by atoms with Crippen LogP contribution in [0.4, 0.5) is 5.69 Å². The van der Waals surface area contributed by atoms with Gasteiger partial charge < -0.3 is 20.7 Å². The third-order valence-electron chi connectivity index (χ3n) is 3.98. The molecule has 0 fully saturated rings. The molecule has 3 N–H and O–H groups in total. The molecule has 0 spiro atoms. The SMILES string of the molecule is CCCCCCCC(=O)NC(=S)Nc1ccc(C(=O)NCCCOC)cc1. The second-order valence-electron chi connectivity index (χ2n) is 6.35. The molecule has 0 heterocycles. The van der Waals surface area contributed by atoms with Crippen molar-refractivity contribution in [1.82, 2.24) is 10.6 Å². The van der Waals surface area contributed by atoms with E-state index >= 15 is 0 Å². The Morgan fingerprint density at radius 3 is 2.41 bits per heavy atom. The average molecular weight is 394 g/mol. The molecular formula is C20H31N3O3S. The third kappa shape index (κ3) is 10.7. The second-order valence-corrected chi connectivity index (χ2v) is 6.75. The van der Waals surface area contributed by atoms with Gasteiger partial charge in [0.05, 0.1) is 0 Å². The molecule has 2 amide bonds. The number of carbonyl (C=O) groups is 2. The first kappa shape index (κ1) is 23.0. The first-order valence-corrected chi connectivity index (χ1v) is 9.95. The largest absolute Gasteiger partial charge is 0.385 e. The zero-order chi connectivity index (χ0) is 19.9. The Hall–Kier alpha value is -1.99. The van der Waals surface area contributed by atoms with Crippen molar-refractivity contribution in [3.63, 3.8) is 0 Å². The normalized spacial score (nSPS) is 10.3. The van der Waals surface area contributed by atoms with E-state index in [2.05, 4.69) is 22.9 Å². The highest BCUT2D eigenvalue weighted by molar-refractivity contribution is 7.80. The predicted molar refractivity (Wildman–Crippen MR) is 113 cm³/mol. The van der Waals surface area contributed by atoms with E-state index in [4.69, 9.17) is 17.0 Å². The van der Waals surface area contributed by atoms with Crippen molar-refractivity contribution in [3.8, 4) is 0 Å². The van der Waals surface area contributed by atoms with Crippen molar-refractivity contribution in [2.24, 2.45) is 0 Å². The number of nitrogens with one attached hydrogen (secondary N) is 3. The molecule has 1 aromatic rings. The molecule has 0 bridgehead atoms. The number of carbonyl (C=O) groups excluding carboxylic acids is 2. The monoisotopic (exact) mass is 393 g/mol. The summed E-state index contributed by atoms with van der Waals surface area (Å²) in [5, 5.41) is 8.75. The number of thiocarbonyl (C=S) groups is 1. The van der Waals surface area contributed by atoms with E-state index in [1.54, 1.807) is 31.4 Å². The first-order chi connectivity index (χ1) is 13.1. The Labute approximate surface area is 167 Å². The fourth-order valence-electron chi connectivity index (χ4n) is 2.47. The molecule has 1 aromatic carbocycles. The Bertz CT molecular complexity index is 591. The van der Waals surface area contributed by atoms with Gasteiger partial charge in [0.25, 0.3) is 5.91 Å². The minimum atomic E-state index is -0.128. The van der Waals surface area contributed by atoms with Gasteiger partial charge in [-0.15, -0.1) is 0 Å². The lowest BCUT2D eigenvalue weighted by Gasteiger charge is -2.10. The molecule has 0 aromatic heterocycles. The van der Waals surface area contributed by atoms with Crippen LogP contribution in [0.3, 0.4) is 0 Å². The summed E-state index contributed by atoms with van der Waals surface area (Å²) in [5.74, 6) is -0.201. The second kappa shape index (κ2) is 14.1. The molecule has 7 heteroatoms. The van der Waals surface area contributed by atoms with Gasteiger partial charge in [0.15, 0.2) is 5.11 Å². The number of rotatable bonds is 12. The Morgan fingerprint density at radius 2 is 1.74 bits per heavy atom. The lowest BCUT2D eigenvalue weighted by molar-refractivity contribution is -0.119. The topological polar surface area (TPSA) is 79.5 Å². The van der Waals surface area contributed by atoms with E-state index in [-0.39, 0.29) is 16.9 Å². The van der Waals surface area contributed by atoms with Crippen LogP contribution in [-0.4, -0.2) is 37.2 Å². The smallest absolute Gasteiger partial charge is 0.251 e. The van der Waals surface area contributed by atoms with E-state index < -0.39 is 0 Å². The van der Waals surface area contributed by atoms with Gasteiger partial charge >= 0.3 is 0 Å². The van der Waals surface area contributed by atoms with Crippen LogP contribution < -0.4 is 16.0 Å². The maximum Gasteiger partial charge on any atom is 0.251 e. The molecule has 0 saturated heterocycles. The van der Waals surface area contributed by atoms with Crippen molar-refractivity contribution in [2.75, 3.05) is 25.6 Å². The number of amides is 2. The maximum absolute atomic E-state index is 12.0. The Morgan fingerprint density at radius 1 is 1.04 bits per heavy atom. The van der Waals surface area contributed by atoms with Gasteiger partial charge in [0.2, 0.25) is 5.91 Å². The molecule has 0 unspecified atom stereocenters. The van der Waals surface area contributed by atoms with Gasteiger partial charge in [0.1, 0.15) is 0 Å². The van der Waals surface area contributed by atoms with Crippen LogP contribution >= 0.6 is 12.2 Å². The minimum Gasteiger partial charge on any atom is -0.385 e. The van der Waals surface area contributed by atoms with Crippen molar-refractivity contribution < 1.29 is 14.3 Å². The number of ether oxygens (including phenoxy) is 1. The van der Waals surface area contributed by atoms with E-state index in [1.807, 2.05) is 0 Å². The molecule has 0 saturated carbocycles. The summed E-state index contributed by atoms with van der Waals surface area (Å²) >= 11 is 5.17. The van der Waals surface area contributed by atoms with Crippen LogP contribution in [0.2, 0.25) is 0 Å². The number of benzene rings is 1. The number of unbranched alkanes of at least 4 members (excludes halogenated alkanes) is 4. The van der Waals surface area contributed by atoms with Crippen molar-refractivity contribution >= 4 is 34.8 Å². The lowest BCUT2D eigenvalue weighted by atomic mass is 10.1. The highest BCUT2D eigenvalue weighted by Crippen LogP contribution is 2.10. The third-order valence-corrected chi connectivity index (χ3v) is 4.18. The molecule has 0 aliphatic carbocycles. The highest BCUT2D eigenvalue weighted by Gasteiger charge is 2.07. The molecule has 150 valence electrons. The summed E-state index contributed by atoms with van der Waals surface area (Å²) < 4.78 is 4.94. The number of methoxy groups -OCH3 is 1. The van der Waals surface area contributed by atoms with Gasteiger partial charge in [0, 0.05) is 37.9 Å². The summed E-state index contributed by atoms with van der Waals surface area (Å²) in [6.45, 7) is 3.35. The fraction of sp³-hybridized carbons (Fsp3) is 0.550. The van der Waals surface area contributed by atoms with E-state index in [0.717, 1.165) is 24.9 Å². The Kier molecular flexibility index (Phi) is 12.1. The highest BCUT2D eigenvalue weighted by atomic mass is 32.1. The van der Waals surface area contributed by atoms with Gasteiger partial charge in [-0.25, -0.2) is 0 Å². The summed E-state index contributed by atoms with van der Waals surface area (Å²) in [6.07, 6.45) is 6.76. The number of anilines is 1. The molecule has 0 atom stereocenters. The van der Waals surface area contributed by atoms with Gasteiger partial charge in [-0.3, -0.25) is 9.59 Å². The van der Waals surface area contributed by atoms with Crippen LogP contribution in [0.25, 0.3) is 0 Å². The summed E-state index contributed by atoms with van der Waals surface area (Å²) in [5.41, 5.74) is 1.29. The zero-order valence-corrected chi connectivity index (χ0v) is 17.1. The standard InChI is InChI=1S/C20H31N3O3S/c1-3-4-5-6-7-9-18(24)23-20(27)22-17-12-10-16(11-13-17)19(25)21-14-8-15-26-2/h10-13H,3-9,14-15H2,1-2H3,(H,21,25)(H2,22,23,24,27). The summed E-state index contributed by atoms with van der Waals surface area (Å²) in [4.78, 5) is 23.9. The van der Waals surface area contributed by atoms with E-state index in [9.17, 15) is 9.59 Å². The van der Waals surface area contributed by atoms with Crippen LogP contribution in [0.1, 0.15) is 62.2 Å². The molecule has 27 heavy (non-hydrogen) atoms. The molecule has 1 rings (SSSR count). The van der Waals surface area contributed by atoms with Crippen molar-refractivity contribution in [2.45, 2.75) is 51.9 Å². The van der Waals surface area contributed by atoms with Crippen molar-refractivity contribution in [1.29, 1.82) is 0 Å². The Balaban J connectivity index is 2.32. The first-order valence-electron chi connectivity index (χ1n) is 9.54. The molecular weight excluding hydrogens is 362 g/mol. The molecule has 0 aliphatic heterocycles. The molecule has 0 aliphatic rings. The molecule has 0 radical (unpaired) electrons. The van der Waals surface area contributed by atoms with Gasteiger partial charge in [-0.05, 0) is 49.3 Å². The number of hydrogen-bond donors (Lipinski definition) is 3. The van der Waals surface area contributed by atoms with Crippen molar-refractivity contribution in [3.05, 3.63) is 29.8 Å². The van der Waals surface area contributed by atoms with Gasteiger partial charge in [-0.1, -0.05) is 32.6 Å². The maximum atomic E-state index is 12.0. The van der Waals surface area contributed by atoms with E-state index in [1.165, 1.54) is 19.3 Å². The predicted octanol–water partition coefficient (Wildman–Crippen LogP) is 3.63.